The van der Waals surface area contributed by atoms with E-state index >= 15 is 0 Å². The van der Waals surface area contributed by atoms with Gasteiger partial charge >= 0.3 is 0 Å². The summed E-state index contributed by atoms with van der Waals surface area (Å²) in [6.45, 7) is 4.25. The lowest BCUT2D eigenvalue weighted by molar-refractivity contribution is 0.813. The van der Waals surface area contributed by atoms with Crippen molar-refractivity contribution in [3.05, 3.63) is 23.8 Å². The number of rotatable bonds is 3. The smallest absolute Gasteiger partial charge is 0.103 e. The zero-order valence-corrected chi connectivity index (χ0v) is 12.3. The van der Waals surface area contributed by atoms with Crippen molar-refractivity contribution in [2.45, 2.75) is 18.2 Å². The molecule has 0 saturated carbocycles. The molecule has 0 unspecified atom stereocenters. The van der Waals surface area contributed by atoms with Crippen molar-refractivity contribution in [2.24, 2.45) is 0 Å². The first-order valence-corrected chi connectivity index (χ1v) is 8.49. The molecule has 18 heavy (non-hydrogen) atoms. The topological polar surface area (TPSA) is 27.0 Å². The standard InChI is InChI=1S/C14H18N2S2/c1-2-18-14-6-3-5-13(12(14)11-15)16-7-4-9-17-10-8-16/h3,5-6H,2,4,7-10H2,1H3. The van der Waals surface area contributed by atoms with Gasteiger partial charge < -0.3 is 4.90 Å². The van der Waals surface area contributed by atoms with E-state index in [9.17, 15) is 5.26 Å². The second kappa shape index (κ2) is 6.96. The third kappa shape index (κ3) is 3.15. The monoisotopic (exact) mass is 278 g/mol. The highest BCUT2D eigenvalue weighted by Crippen LogP contribution is 2.31. The molecule has 1 saturated heterocycles. The quantitative estimate of drug-likeness (QED) is 0.789. The molecule has 0 spiro atoms. The minimum atomic E-state index is 0.858. The summed E-state index contributed by atoms with van der Waals surface area (Å²) in [7, 11) is 0. The van der Waals surface area contributed by atoms with Crippen LogP contribution in [0.5, 0.6) is 0 Å². The van der Waals surface area contributed by atoms with Crippen molar-refractivity contribution in [2.75, 3.05) is 35.2 Å². The number of hydrogen-bond acceptors (Lipinski definition) is 4. The molecule has 2 nitrogen and oxygen atoms in total. The van der Waals surface area contributed by atoms with E-state index in [4.69, 9.17) is 0 Å². The second-order valence-corrected chi connectivity index (χ2v) is 6.68. The van der Waals surface area contributed by atoms with Crippen molar-refractivity contribution < 1.29 is 0 Å². The summed E-state index contributed by atoms with van der Waals surface area (Å²) in [5.74, 6) is 3.41. The molecule has 2 rings (SSSR count). The van der Waals surface area contributed by atoms with E-state index in [1.54, 1.807) is 11.8 Å². The van der Waals surface area contributed by atoms with Crippen LogP contribution >= 0.6 is 23.5 Å². The van der Waals surface area contributed by atoms with Crippen LogP contribution in [0.3, 0.4) is 0 Å². The van der Waals surface area contributed by atoms with E-state index in [1.165, 1.54) is 12.2 Å². The van der Waals surface area contributed by atoms with Crippen molar-refractivity contribution in [3.8, 4) is 6.07 Å². The highest BCUT2D eigenvalue weighted by atomic mass is 32.2. The van der Waals surface area contributed by atoms with Crippen LogP contribution in [0.15, 0.2) is 23.1 Å². The van der Waals surface area contributed by atoms with Crippen LogP contribution in [0.2, 0.25) is 0 Å². The maximum atomic E-state index is 9.43. The lowest BCUT2D eigenvalue weighted by Gasteiger charge is -2.24. The fourth-order valence-corrected chi connectivity index (χ4v) is 3.83. The van der Waals surface area contributed by atoms with Gasteiger partial charge in [0, 0.05) is 23.7 Å². The Morgan fingerprint density at radius 3 is 3.06 bits per heavy atom. The molecule has 0 aliphatic carbocycles. The molecule has 0 atom stereocenters. The van der Waals surface area contributed by atoms with Gasteiger partial charge in [0.1, 0.15) is 6.07 Å². The van der Waals surface area contributed by atoms with E-state index in [-0.39, 0.29) is 0 Å². The Labute approximate surface area is 118 Å². The molecule has 1 fully saturated rings. The van der Waals surface area contributed by atoms with Crippen molar-refractivity contribution in [1.29, 1.82) is 5.26 Å². The Kier molecular flexibility index (Phi) is 5.27. The van der Waals surface area contributed by atoms with Crippen LogP contribution in [-0.4, -0.2) is 30.3 Å². The molecule has 0 aromatic heterocycles. The molecule has 1 aliphatic heterocycles. The van der Waals surface area contributed by atoms with Gasteiger partial charge in [-0.3, -0.25) is 0 Å². The van der Waals surface area contributed by atoms with Gasteiger partial charge in [-0.2, -0.15) is 17.0 Å². The number of nitriles is 1. The summed E-state index contributed by atoms with van der Waals surface area (Å²) in [6, 6.07) is 8.62. The van der Waals surface area contributed by atoms with Crippen LogP contribution < -0.4 is 4.90 Å². The van der Waals surface area contributed by atoms with Crippen LogP contribution in [0.25, 0.3) is 0 Å². The summed E-state index contributed by atoms with van der Waals surface area (Å²) >= 11 is 3.77. The second-order valence-electron chi connectivity index (χ2n) is 4.15. The first kappa shape index (κ1) is 13.6. The maximum Gasteiger partial charge on any atom is 0.103 e. The highest BCUT2D eigenvalue weighted by molar-refractivity contribution is 7.99. The summed E-state index contributed by atoms with van der Waals surface area (Å²) in [5.41, 5.74) is 1.98. The minimum Gasteiger partial charge on any atom is -0.370 e. The Bertz CT molecular complexity index is 432. The van der Waals surface area contributed by atoms with Gasteiger partial charge in [0.2, 0.25) is 0 Å². The Balaban J connectivity index is 2.31. The molecule has 0 bridgehead atoms. The largest absolute Gasteiger partial charge is 0.370 e. The van der Waals surface area contributed by atoms with E-state index in [0.717, 1.165) is 40.7 Å². The lowest BCUT2D eigenvalue weighted by Crippen LogP contribution is -2.26. The molecular formula is C14H18N2S2. The van der Waals surface area contributed by atoms with Gasteiger partial charge in [-0.1, -0.05) is 13.0 Å². The SMILES string of the molecule is CCSc1cccc(N2CCCSCC2)c1C#N. The zero-order valence-electron chi connectivity index (χ0n) is 10.7. The van der Waals surface area contributed by atoms with E-state index < -0.39 is 0 Å². The zero-order chi connectivity index (χ0) is 12.8. The molecule has 1 heterocycles. The highest BCUT2D eigenvalue weighted by Gasteiger charge is 2.15. The van der Waals surface area contributed by atoms with Crippen LogP contribution in [0.1, 0.15) is 18.9 Å². The van der Waals surface area contributed by atoms with Gasteiger partial charge in [-0.05, 0) is 30.1 Å². The van der Waals surface area contributed by atoms with Gasteiger partial charge in [0.15, 0.2) is 0 Å². The van der Waals surface area contributed by atoms with Crippen LogP contribution in [0.4, 0.5) is 5.69 Å². The first-order chi connectivity index (χ1) is 8.86. The van der Waals surface area contributed by atoms with Crippen LogP contribution in [-0.2, 0) is 0 Å². The molecule has 0 amide bonds. The number of nitrogens with zero attached hydrogens (tertiary/aromatic N) is 2. The minimum absolute atomic E-state index is 0.858. The molecule has 1 aliphatic rings. The molecule has 1 aromatic rings. The maximum absolute atomic E-state index is 9.43. The van der Waals surface area contributed by atoms with E-state index in [1.807, 2.05) is 11.8 Å². The lowest BCUT2D eigenvalue weighted by atomic mass is 10.1. The molecule has 1 aromatic carbocycles. The van der Waals surface area contributed by atoms with Gasteiger partial charge in [0.05, 0.1) is 11.3 Å². The first-order valence-electron chi connectivity index (χ1n) is 6.35. The van der Waals surface area contributed by atoms with Crippen molar-refractivity contribution >= 4 is 29.2 Å². The fraction of sp³-hybridized carbons (Fsp3) is 0.500. The van der Waals surface area contributed by atoms with Gasteiger partial charge in [-0.15, -0.1) is 11.8 Å². The molecule has 0 radical (unpaired) electrons. The average molecular weight is 278 g/mol. The average Bonchev–Trinajstić information content (AvgIpc) is 2.67. The Morgan fingerprint density at radius 2 is 2.28 bits per heavy atom. The third-order valence-electron chi connectivity index (χ3n) is 2.98. The van der Waals surface area contributed by atoms with E-state index in [0.29, 0.717) is 0 Å². The van der Waals surface area contributed by atoms with Crippen molar-refractivity contribution in [3.63, 3.8) is 0 Å². The summed E-state index contributed by atoms with van der Waals surface area (Å²) in [5, 5.41) is 9.43. The van der Waals surface area contributed by atoms with Crippen molar-refractivity contribution in [1.82, 2.24) is 0 Å². The third-order valence-corrected chi connectivity index (χ3v) is 4.97. The molecular weight excluding hydrogens is 260 g/mol. The fourth-order valence-electron chi connectivity index (χ4n) is 2.16. The predicted octanol–water partition coefficient (Wildman–Crippen LogP) is 3.61. The Morgan fingerprint density at radius 1 is 1.39 bits per heavy atom. The van der Waals surface area contributed by atoms with Crippen LogP contribution in [0, 0.1) is 11.3 Å². The number of benzene rings is 1. The van der Waals surface area contributed by atoms with Gasteiger partial charge in [0.25, 0.3) is 0 Å². The molecule has 0 N–H and O–H groups in total. The molecule has 4 heteroatoms. The summed E-state index contributed by atoms with van der Waals surface area (Å²) in [6.07, 6.45) is 1.21. The number of anilines is 1. The summed E-state index contributed by atoms with van der Waals surface area (Å²) in [4.78, 5) is 3.49. The number of hydrogen-bond donors (Lipinski definition) is 0. The molecule has 96 valence electrons. The van der Waals surface area contributed by atoms with E-state index in [2.05, 4.69) is 36.1 Å². The normalized spacial score (nSPS) is 16.1. The summed E-state index contributed by atoms with van der Waals surface area (Å²) < 4.78 is 0. The predicted molar refractivity (Wildman–Crippen MR) is 81.7 cm³/mol. The Hall–Kier alpha value is -0.790. The number of thioether (sulfide) groups is 2. The van der Waals surface area contributed by atoms with Gasteiger partial charge in [-0.25, -0.2) is 0 Å².